The van der Waals surface area contributed by atoms with E-state index in [0.717, 1.165) is 35.9 Å². The van der Waals surface area contributed by atoms with Gasteiger partial charge in [-0.3, -0.25) is 0 Å². The summed E-state index contributed by atoms with van der Waals surface area (Å²) in [5, 5.41) is 1.08. The molecule has 104 valence electrons. The molecule has 0 aromatic carbocycles. The molecule has 4 nitrogen and oxygen atoms in total. The third-order valence-corrected chi connectivity index (χ3v) is 4.07. The molecular weight excluding hydrogens is 258 g/mol. The molecule has 19 heavy (non-hydrogen) atoms. The van der Waals surface area contributed by atoms with E-state index in [-0.39, 0.29) is 6.04 Å². The van der Waals surface area contributed by atoms with Crippen molar-refractivity contribution >= 4 is 17.4 Å². The number of nitrogens with two attached hydrogens (primary N) is 1. The van der Waals surface area contributed by atoms with Gasteiger partial charge in [-0.05, 0) is 18.6 Å². The molecule has 5 heteroatoms. The van der Waals surface area contributed by atoms with Gasteiger partial charge in [0.2, 0.25) is 0 Å². The minimum absolute atomic E-state index is 0.182. The Labute approximate surface area is 118 Å². The summed E-state index contributed by atoms with van der Waals surface area (Å²) in [6.07, 6.45) is 3.89. The molecule has 1 unspecified atom stereocenters. The fourth-order valence-electron chi connectivity index (χ4n) is 1.94. The van der Waals surface area contributed by atoms with Crippen molar-refractivity contribution in [2.75, 3.05) is 19.5 Å². The second-order valence-electron chi connectivity index (χ2n) is 4.51. The molecule has 0 amide bonds. The lowest BCUT2D eigenvalue weighted by Crippen LogP contribution is -2.22. The highest BCUT2D eigenvalue weighted by Crippen LogP contribution is 2.24. The van der Waals surface area contributed by atoms with E-state index in [1.165, 1.54) is 5.69 Å². The summed E-state index contributed by atoms with van der Waals surface area (Å²) in [5.74, 6) is 0.911. The lowest BCUT2D eigenvalue weighted by molar-refractivity contribution is 0.218. The average Bonchev–Trinajstić information content (AvgIpc) is 2.77. The summed E-state index contributed by atoms with van der Waals surface area (Å²) in [4.78, 5) is 4.69. The van der Waals surface area contributed by atoms with Crippen molar-refractivity contribution in [2.24, 2.45) is 5.73 Å². The number of thioether (sulfide) groups is 1. The van der Waals surface area contributed by atoms with E-state index < -0.39 is 0 Å². The Balaban J connectivity index is 2.28. The Kier molecular flexibility index (Phi) is 5.24. The normalized spacial score (nSPS) is 13.0. The lowest BCUT2D eigenvalue weighted by Gasteiger charge is -2.10. The van der Waals surface area contributed by atoms with Gasteiger partial charge in [-0.15, -0.1) is 11.8 Å². The Bertz CT molecular complexity index is 526. The van der Waals surface area contributed by atoms with E-state index in [1.54, 1.807) is 18.9 Å². The van der Waals surface area contributed by atoms with Gasteiger partial charge in [0.05, 0.1) is 12.3 Å². The summed E-state index contributed by atoms with van der Waals surface area (Å²) < 4.78 is 7.24. The van der Waals surface area contributed by atoms with Crippen LogP contribution >= 0.6 is 11.8 Å². The largest absolute Gasteiger partial charge is 0.384 e. The molecule has 0 radical (unpaired) electrons. The number of imidazole rings is 1. The van der Waals surface area contributed by atoms with Crippen LogP contribution in [0.5, 0.6) is 0 Å². The van der Waals surface area contributed by atoms with Crippen molar-refractivity contribution < 1.29 is 4.74 Å². The number of methoxy groups -OCH3 is 1. The van der Waals surface area contributed by atoms with Gasteiger partial charge in [-0.25, -0.2) is 4.98 Å². The van der Waals surface area contributed by atoms with Crippen molar-refractivity contribution in [2.45, 2.75) is 30.8 Å². The van der Waals surface area contributed by atoms with E-state index >= 15 is 0 Å². The topological polar surface area (TPSA) is 52.5 Å². The molecule has 0 saturated carbocycles. The van der Waals surface area contributed by atoms with Crippen LogP contribution in [0.2, 0.25) is 0 Å². The molecule has 1 atom stereocenters. The van der Waals surface area contributed by atoms with Crippen LogP contribution in [-0.4, -0.2) is 34.9 Å². The minimum atomic E-state index is 0.182. The Morgan fingerprint density at radius 3 is 3.05 bits per heavy atom. The maximum atomic E-state index is 6.10. The molecule has 0 aliphatic heterocycles. The number of pyridine rings is 1. The third-order valence-electron chi connectivity index (χ3n) is 3.10. The van der Waals surface area contributed by atoms with E-state index in [2.05, 4.69) is 22.5 Å². The zero-order valence-corrected chi connectivity index (χ0v) is 12.3. The number of rotatable bonds is 7. The van der Waals surface area contributed by atoms with Crippen LogP contribution in [0.15, 0.2) is 29.4 Å². The number of fused-ring (bicyclic) bond motifs is 1. The van der Waals surface area contributed by atoms with Crippen molar-refractivity contribution in [1.82, 2.24) is 9.38 Å². The zero-order chi connectivity index (χ0) is 13.7. The number of hydrogen-bond donors (Lipinski definition) is 1. The predicted octanol–water partition coefficient (Wildman–Crippen LogP) is 2.35. The molecule has 0 bridgehead atoms. The van der Waals surface area contributed by atoms with E-state index in [9.17, 15) is 0 Å². The molecule has 0 spiro atoms. The maximum Gasteiger partial charge on any atom is 0.138 e. The zero-order valence-electron chi connectivity index (χ0n) is 11.5. The number of ether oxygens (including phenoxy) is 1. The minimum Gasteiger partial charge on any atom is -0.384 e. The monoisotopic (exact) mass is 279 g/mol. The highest BCUT2D eigenvalue weighted by atomic mass is 32.2. The van der Waals surface area contributed by atoms with Gasteiger partial charge in [0.1, 0.15) is 10.7 Å². The first-order valence-electron chi connectivity index (χ1n) is 6.59. The molecule has 0 fully saturated rings. The maximum absolute atomic E-state index is 6.10. The average molecular weight is 279 g/mol. The summed E-state index contributed by atoms with van der Waals surface area (Å²) in [6, 6.07) is 6.25. The first kappa shape index (κ1) is 14.4. The van der Waals surface area contributed by atoms with Crippen molar-refractivity contribution in [1.29, 1.82) is 0 Å². The molecule has 0 aliphatic carbocycles. The van der Waals surface area contributed by atoms with E-state index in [0.29, 0.717) is 0 Å². The molecule has 2 N–H and O–H groups in total. The van der Waals surface area contributed by atoms with Crippen molar-refractivity contribution in [3.05, 3.63) is 30.1 Å². The van der Waals surface area contributed by atoms with Gasteiger partial charge >= 0.3 is 0 Å². The second kappa shape index (κ2) is 6.93. The van der Waals surface area contributed by atoms with Gasteiger partial charge in [-0.1, -0.05) is 13.0 Å². The van der Waals surface area contributed by atoms with Crippen LogP contribution in [0.3, 0.4) is 0 Å². The van der Waals surface area contributed by atoms with Crippen LogP contribution < -0.4 is 5.73 Å². The quantitative estimate of drug-likeness (QED) is 0.624. The van der Waals surface area contributed by atoms with E-state index in [1.807, 2.05) is 18.2 Å². The molecule has 0 saturated heterocycles. The Morgan fingerprint density at radius 2 is 2.32 bits per heavy atom. The van der Waals surface area contributed by atoms with E-state index in [4.69, 9.17) is 10.5 Å². The van der Waals surface area contributed by atoms with Gasteiger partial charge in [0.15, 0.2) is 0 Å². The molecule has 2 aromatic heterocycles. The molecule has 2 rings (SSSR count). The first-order chi connectivity index (χ1) is 9.26. The van der Waals surface area contributed by atoms with Crippen molar-refractivity contribution in [3.63, 3.8) is 0 Å². The fourth-order valence-corrected chi connectivity index (χ4v) is 2.89. The summed E-state index contributed by atoms with van der Waals surface area (Å²) in [6.45, 7) is 2.85. The van der Waals surface area contributed by atoms with Gasteiger partial charge in [0.25, 0.3) is 0 Å². The predicted molar refractivity (Wildman–Crippen MR) is 79.8 cm³/mol. The fraction of sp³-hybridized carbons (Fsp3) is 0.500. The third kappa shape index (κ3) is 3.49. The first-order valence-corrected chi connectivity index (χ1v) is 7.58. The number of aromatic nitrogens is 2. The van der Waals surface area contributed by atoms with Crippen LogP contribution in [0.25, 0.3) is 5.65 Å². The molecule has 2 aromatic rings. The van der Waals surface area contributed by atoms with Crippen LogP contribution in [0, 0.1) is 0 Å². The summed E-state index contributed by atoms with van der Waals surface area (Å²) >= 11 is 1.74. The number of hydrogen-bond acceptors (Lipinski definition) is 4. The van der Waals surface area contributed by atoms with Gasteiger partial charge in [0, 0.05) is 31.5 Å². The van der Waals surface area contributed by atoms with Crippen molar-refractivity contribution in [3.8, 4) is 0 Å². The van der Waals surface area contributed by atoms with Gasteiger partial charge < -0.3 is 14.9 Å². The smallest absolute Gasteiger partial charge is 0.138 e. The van der Waals surface area contributed by atoms with Crippen LogP contribution in [0.4, 0.5) is 0 Å². The number of nitrogens with zero attached hydrogens (tertiary/aromatic N) is 2. The molecule has 2 heterocycles. The SMILES string of the molecule is CCC(N)Cc1c(SCCOC)nc2ccccn12. The standard InChI is InChI=1S/C14H21N3OS/c1-3-11(15)10-12-14(19-9-8-18-2)16-13-6-4-5-7-17(12)13/h4-7,11H,3,8-10,15H2,1-2H3. The van der Waals surface area contributed by atoms with Crippen LogP contribution in [-0.2, 0) is 11.2 Å². The summed E-state index contributed by atoms with van der Waals surface area (Å²) in [7, 11) is 1.72. The molecule has 0 aliphatic rings. The van der Waals surface area contributed by atoms with Gasteiger partial charge in [-0.2, -0.15) is 0 Å². The highest BCUT2D eigenvalue weighted by Gasteiger charge is 2.14. The molecular formula is C14H21N3OS. The highest BCUT2D eigenvalue weighted by molar-refractivity contribution is 7.99. The summed E-state index contributed by atoms with van der Waals surface area (Å²) in [5.41, 5.74) is 8.30. The second-order valence-corrected chi connectivity index (χ2v) is 5.59. The van der Waals surface area contributed by atoms with Crippen LogP contribution in [0.1, 0.15) is 19.0 Å². The Morgan fingerprint density at radius 1 is 1.47 bits per heavy atom. The Hall–Kier alpha value is -1.04. The lowest BCUT2D eigenvalue weighted by atomic mass is 10.1.